The molecule has 1 aliphatic heterocycles. The molecule has 0 bridgehead atoms. The van der Waals surface area contributed by atoms with Gasteiger partial charge in [0.1, 0.15) is 0 Å². The number of hydrogen-bond acceptors (Lipinski definition) is 4. The van der Waals surface area contributed by atoms with E-state index >= 15 is 0 Å². The molecule has 0 unspecified atom stereocenters. The average molecular weight is 570 g/mol. The van der Waals surface area contributed by atoms with Crippen LogP contribution in [0.4, 0.5) is 17.1 Å². The summed E-state index contributed by atoms with van der Waals surface area (Å²) in [5.74, 6) is 1.15. The molecule has 7 heteroatoms. The van der Waals surface area contributed by atoms with Crippen LogP contribution in [0.2, 0.25) is 0 Å². The zero-order valence-corrected chi connectivity index (χ0v) is 24.0. The molecule has 7 nitrogen and oxygen atoms in total. The van der Waals surface area contributed by atoms with Crippen LogP contribution < -0.4 is 4.90 Å². The minimum absolute atomic E-state index is 0.515. The zero-order chi connectivity index (χ0) is 29.6. The molecule has 0 spiro atoms. The van der Waals surface area contributed by atoms with E-state index in [1.807, 2.05) is 34.4 Å². The predicted octanol–water partition coefficient (Wildman–Crippen LogP) is 8.93. The first-order valence-corrected chi connectivity index (χ1v) is 14.4. The first kappa shape index (κ1) is 25.6. The summed E-state index contributed by atoms with van der Waals surface area (Å²) in [6, 6.07) is 34.2. The standard InChI is InChI=1S/C37H27N7/c1-3-18-39-36(38-2)43-21-16-25-23-31-28-13-8-7-12-27(28)29-14-15-32-30(17-22-42(32)37-40-19-9-20-41-37)35(29)44(34(31)24-33(25)43)26-10-5-4-6-11-26/h3-24H,2H2,1H3/b18-3-,39-36?. The van der Waals surface area contributed by atoms with E-state index in [2.05, 4.69) is 129 Å². The molecule has 0 saturated heterocycles. The van der Waals surface area contributed by atoms with Crippen LogP contribution in [0.3, 0.4) is 0 Å². The third kappa shape index (κ3) is 3.90. The van der Waals surface area contributed by atoms with Crippen LogP contribution in [0, 0.1) is 0 Å². The Bertz CT molecular complexity index is 2260. The van der Waals surface area contributed by atoms with Crippen LogP contribution in [0.25, 0.3) is 50.0 Å². The number of aromatic nitrogens is 4. The molecule has 0 aliphatic carbocycles. The summed E-state index contributed by atoms with van der Waals surface area (Å²) in [7, 11) is 0. The van der Waals surface area contributed by atoms with Gasteiger partial charge < -0.3 is 4.90 Å². The van der Waals surface area contributed by atoms with Crippen molar-refractivity contribution in [3.8, 4) is 28.2 Å². The van der Waals surface area contributed by atoms with Crippen molar-refractivity contribution in [1.82, 2.24) is 19.1 Å². The van der Waals surface area contributed by atoms with E-state index in [0.717, 1.165) is 50.0 Å². The maximum atomic E-state index is 4.55. The fourth-order valence-corrected chi connectivity index (χ4v) is 6.23. The molecule has 0 atom stereocenters. The summed E-state index contributed by atoms with van der Waals surface area (Å²) in [6.45, 7) is 5.74. The largest absolute Gasteiger partial charge is 0.308 e. The van der Waals surface area contributed by atoms with E-state index in [-0.39, 0.29) is 0 Å². The first-order valence-electron chi connectivity index (χ1n) is 14.4. The highest BCUT2D eigenvalue weighted by atomic mass is 15.2. The van der Waals surface area contributed by atoms with Gasteiger partial charge in [-0.05, 0) is 73.3 Å². The third-order valence-corrected chi connectivity index (χ3v) is 8.10. The number of nitrogens with zero attached hydrogens (tertiary/aromatic N) is 7. The second kappa shape index (κ2) is 10.3. The second-order valence-electron chi connectivity index (χ2n) is 10.5. The van der Waals surface area contributed by atoms with Gasteiger partial charge in [-0.3, -0.25) is 9.13 Å². The Morgan fingerprint density at radius 1 is 0.750 bits per heavy atom. The molecule has 8 rings (SSSR count). The fourth-order valence-electron chi connectivity index (χ4n) is 6.23. The highest BCUT2D eigenvalue weighted by Crippen LogP contribution is 2.54. The Hall–Kier alpha value is -6.08. The Kier molecular flexibility index (Phi) is 6.01. The van der Waals surface area contributed by atoms with Crippen LogP contribution in [0.5, 0.6) is 0 Å². The number of rotatable bonds is 3. The Balaban J connectivity index is 1.50. The number of anilines is 3. The quantitative estimate of drug-likeness (QED) is 0.158. The molecule has 0 saturated carbocycles. The molecule has 1 aliphatic rings. The summed E-state index contributed by atoms with van der Waals surface area (Å²) < 4.78 is 4.04. The van der Waals surface area contributed by atoms with E-state index in [1.165, 1.54) is 11.1 Å². The van der Waals surface area contributed by atoms with Gasteiger partial charge in [-0.1, -0.05) is 54.6 Å². The van der Waals surface area contributed by atoms with E-state index in [4.69, 9.17) is 0 Å². The molecular formula is C37H27N7. The summed E-state index contributed by atoms with van der Waals surface area (Å²) in [6.07, 6.45) is 11.2. The summed E-state index contributed by atoms with van der Waals surface area (Å²) in [5, 5.41) is 2.19. The van der Waals surface area contributed by atoms with Gasteiger partial charge in [0.25, 0.3) is 0 Å². The van der Waals surface area contributed by atoms with Crippen LogP contribution in [0.1, 0.15) is 6.92 Å². The maximum Gasteiger partial charge on any atom is 0.234 e. The number of fused-ring (bicyclic) bond motifs is 8. The minimum Gasteiger partial charge on any atom is -0.308 e. The van der Waals surface area contributed by atoms with Crippen molar-refractivity contribution in [2.45, 2.75) is 6.92 Å². The maximum absolute atomic E-state index is 4.55. The molecule has 7 aromatic rings. The molecule has 4 heterocycles. The number of hydrogen-bond donors (Lipinski definition) is 0. The topological polar surface area (TPSA) is 63.6 Å². The van der Waals surface area contributed by atoms with Gasteiger partial charge in [-0.15, -0.1) is 0 Å². The fraction of sp³-hybridized carbons (Fsp3) is 0.0270. The molecule has 0 N–H and O–H groups in total. The average Bonchev–Trinajstić information content (AvgIpc) is 3.68. The molecule has 210 valence electrons. The van der Waals surface area contributed by atoms with Gasteiger partial charge in [0.05, 0.1) is 22.4 Å². The van der Waals surface area contributed by atoms with Crippen molar-refractivity contribution in [1.29, 1.82) is 0 Å². The van der Waals surface area contributed by atoms with Crippen LogP contribution in [-0.2, 0) is 0 Å². The molecule has 0 radical (unpaired) electrons. The summed E-state index contributed by atoms with van der Waals surface area (Å²) in [4.78, 5) is 20.3. The van der Waals surface area contributed by atoms with Crippen molar-refractivity contribution < 1.29 is 0 Å². The molecule has 3 aromatic heterocycles. The van der Waals surface area contributed by atoms with Gasteiger partial charge in [-0.25, -0.2) is 20.0 Å². The normalized spacial score (nSPS) is 12.8. The van der Waals surface area contributed by atoms with Crippen molar-refractivity contribution in [3.63, 3.8) is 0 Å². The van der Waals surface area contributed by atoms with E-state index in [9.17, 15) is 0 Å². The van der Waals surface area contributed by atoms with Crippen molar-refractivity contribution in [2.75, 3.05) is 4.90 Å². The monoisotopic (exact) mass is 569 g/mol. The van der Waals surface area contributed by atoms with Crippen molar-refractivity contribution >= 4 is 51.5 Å². The van der Waals surface area contributed by atoms with Gasteiger partial charge in [0.2, 0.25) is 11.9 Å². The molecule has 44 heavy (non-hydrogen) atoms. The lowest BCUT2D eigenvalue weighted by Crippen LogP contribution is -2.12. The SMILES string of the molecule is C=NC(=N/C=C\C)n1ccc2cc3c(cc21)N(c1ccccc1)c1c(ccc2c1ccn2-c1ncccn1)-c1ccccc1-3. The predicted molar refractivity (Wildman–Crippen MR) is 181 cm³/mol. The molecule has 0 amide bonds. The zero-order valence-electron chi connectivity index (χ0n) is 24.0. The van der Waals surface area contributed by atoms with Crippen LogP contribution >= 0.6 is 0 Å². The Labute approximate surface area is 254 Å². The van der Waals surface area contributed by atoms with Crippen LogP contribution in [-0.4, -0.2) is 31.8 Å². The molecule has 4 aromatic carbocycles. The Morgan fingerprint density at radius 3 is 2.30 bits per heavy atom. The van der Waals surface area contributed by atoms with Crippen LogP contribution in [0.15, 0.2) is 144 Å². The molecule has 0 fully saturated rings. The van der Waals surface area contributed by atoms with E-state index in [0.29, 0.717) is 11.9 Å². The smallest absolute Gasteiger partial charge is 0.234 e. The number of para-hydroxylation sites is 1. The third-order valence-electron chi connectivity index (χ3n) is 8.10. The molecular weight excluding hydrogens is 542 g/mol. The number of allylic oxidation sites excluding steroid dienone is 1. The van der Waals surface area contributed by atoms with E-state index < -0.39 is 0 Å². The Morgan fingerprint density at radius 2 is 1.52 bits per heavy atom. The summed E-state index contributed by atoms with van der Waals surface area (Å²) >= 11 is 0. The highest BCUT2D eigenvalue weighted by molar-refractivity contribution is 6.13. The van der Waals surface area contributed by atoms with Gasteiger partial charge >= 0.3 is 0 Å². The lowest BCUT2D eigenvalue weighted by Gasteiger charge is -2.28. The van der Waals surface area contributed by atoms with Gasteiger partial charge in [0, 0.05) is 58.6 Å². The number of benzene rings is 4. The highest BCUT2D eigenvalue weighted by Gasteiger charge is 2.29. The second-order valence-corrected chi connectivity index (χ2v) is 10.5. The van der Waals surface area contributed by atoms with Crippen molar-refractivity contribution in [2.24, 2.45) is 9.98 Å². The lowest BCUT2D eigenvalue weighted by atomic mass is 9.93. The summed E-state index contributed by atoms with van der Waals surface area (Å²) in [5.41, 5.74) is 9.86. The van der Waals surface area contributed by atoms with Gasteiger partial charge in [0.15, 0.2) is 0 Å². The number of aliphatic imine (C=N–C) groups is 2. The minimum atomic E-state index is 0.515. The van der Waals surface area contributed by atoms with Gasteiger partial charge in [-0.2, -0.15) is 0 Å². The van der Waals surface area contributed by atoms with Crippen molar-refractivity contribution in [3.05, 3.63) is 134 Å². The first-order chi connectivity index (χ1) is 21.8. The van der Waals surface area contributed by atoms with E-state index in [1.54, 1.807) is 18.6 Å². The lowest BCUT2D eigenvalue weighted by molar-refractivity contribution is 0.962.